The molecule has 1 rings (SSSR count). The fourth-order valence-electron chi connectivity index (χ4n) is 2.35. The molecule has 1 heterocycles. The van der Waals surface area contributed by atoms with Crippen LogP contribution in [0.25, 0.3) is 0 Å². The highest BCUT2D eigenvalue weighted by Gasteiger charge is 2.33. The quantitative estimate of drug-likeness (QED) is 0.740. The fourth-order valence-corrected chi connectivity index (χ4v) is 2.35. The molecular formula is C11H22N2O2. The number of likely N-dealkylation sites (tertiary alicyclic amines) is 1. The van der Waals surface area contributed by atoms with Gasteiger partial charge in [-0.15, -0.1) is 0 Å². The number of ether oxygens (including phenoxy) is 1. The highest BCUT2D eigenvalue weighted by atomic mass is 16.5. The zero-order valence-corrected chi connectivity index (χ0v) is 10.1. The van der Waals surface area contributed by atoms with E-state index in [1.54, 1.807) is 7.11 Å². The van der Waals surface area contributed by atoms with Crippen LogP contribution in [0.1, 0.15) is 20.3 Å². The molecule has 15 heavy (non-hydrogen) atoms. The summed E-state index contributed by atoms with van der Waals surface area (Å²) in [5.74, 6) is 0.723. The van der Waals surface area contributed by atoms with Crippen LogP contribution >= 0.6 is 0 Å². The molecule has 1 fully saturated rings. The lowest BCUT2D eigenvalue weighted by Crippen LogP contribution is -2.44. The van der Waals surface area contributed by atoms with Crippen molar-refractivity contribution in [3.05, 3.63) is 0 Å². The second-order valence-electron chi connectivity index (χ2n) is 4.56. The minimum atomic E-state index is 0.00532. The number of hydrogen-bond donors (Lipinski definition) is 1. The van der Waals surface area contributed by atoms with Crippen molar-refractivity contribution in [2.75, 3.05) is 27.2 Å². The highest BCUT2D eigenvalue weighted by Crippen LogP contribution is 2.24. The fraction of sp³-hybridized carbons (Fsp3) is 0.909. The molecule has 1 N–H and O–H groups in total. The Labute approximate surface area is 92.0 Å². The molecule has 0 aromatic carbocycles. The van der Waals surface area contributed by atoms with E-state index in [2.05, 4.69) is 24.2 Å². The lowest BCUT2D eigenvalue weighted by atomic mass is 10.0. The molecule has 0 aromatic heterocycles. The van der Waals surface area contributed by atoms with E-state index in [-0.39, 0.29) is 12.0 Å². The van der Waals surface area contributed by atoms with Crippen molar-refractivity contribution in [1.29, 1.82) is 0 Å². The van der Waals surface area contributed by atoms with Crippen LogP contribution in [0.2, 0.25) is 0 Å². The normalized spacial score (nSPS) is 29.1. The second kappa shape index (κ2) is 5.47. The Morgan fingerprint density at radius 1 is 1.67 bits per heavy atom. The van der Waals surface area contributed by atoms with Crippen LogP contribution in [0.5, 0.6) is 0 Å². The van der Waals surface area contributed by atoms with Crippen molar-refractivity contribution in [1.82, 2.24) is 10.2 Å². The molecule has 0 spiro atoms. The third-order valence-electron chi connectivity index (χ3n) is 3.09. The predicted molar refractivity (Wildman–Crippen MR) is 59.7 cm³/mol. The van der Waals surface area contributed by atoms with Gasteiger partial charge in [0.05, 0.1) is 6.10 Å². The lowest BCUT2D eigenvalue weighted by molar-refractivity contribution is -0.119. The second-order valence-corrected chi connectivity index (χ2v) is 4.56. The summed E-state index contributed by atoms with van der Waals surface area (Å²) in [6.45, 7) is 5.51. The lowest BCUT2D eigenvalue weighted by Gasteiger charge is -2.27. The molecule has 1 saturated heterocycles. The van der Waals surface area contributed by atoms with Crippen LogP contribution in [-0.4, -0.2) is 50.2 Å². The number of carbonyl (C=O) groups is 1. The minimum absolute atomic E-state index is 0.00532. The van der Waals surface area contributed by atoms with Gasteiger partial charge in [0.1, 0.15) is 0 Å². The van der Waals surface area contributed by atoms with E-state index in [1.165, 1.54) is 6.92 Å². The molecule has 0 aromatic rings. The molecule has 1 aliphatic rings. The van der Waals surface area contributed by atoms with Crippen molar-refractivity contribution >= 4 is 5.91 Å². The molecular weight excluding hydrogens is 192 g/mol. The Hall–Kier alpha value is -0.610. The number of carbonyl (C=O) groups excluding carboxylic acids is 1. The summed E-state index contributed by atoms with van der Waals surface area (Å²) in [7, 11) is 3.83. The molecule has 0 radical (unpaired) electrons. The summed E-state index contributed by atoms with van der Waals surface area (Å²) in [6, 6.07) is 0.428. The molecule has 3 unspecified atom stereocenters. The van der Waals surface area contributed by atoms with Crippen LogP contribution < -0.4 is 5.32 Å². The van der Waals surface area contributed by atoms with E-state index >= 15 is 0 Å². The largest absolute Gasteiger partial charge is 0.378 e. The number of likely N-dealkylation sites (N-methyl/N-ethyl adjacent to an activating group) is 1. The van der Waals surface area contributed by atoms with E-state index in [0.29, 0.717) is 12.6 Å². The van der Waals surface area contributed by atoms with Gasteiger partial charge in [-0.1, -0.05) is 6.92 Å². The molecule has 0 aliphatic carbocycles. The van der Waals surface area contributed by atoms with Crippen molar-refractivity contribution in [2.45, 2.75) is 32.4 Å². The summed E-state index contributed by atoms with van der Waals surface area (Å²) in [5.41, 5.74) is 0. The summed E-state index contributed by atoms with van der Waals surface area (Å²) >= 11 is 0. The Bertz CT molecular complexity index is 221. The Balaban J connectivity index is 2.47. The molecule has 1 aliphatic heterocycles. The molecule has 4 nitrogen and oxygen atoms in total. The van der Waals surface area contributed by atoms with Gasteiger partial charge in [0.15, 0.2) is 0 Å². The Morgan fingerprint density at radius 2 is 2.33 bits per heavy atom. The Morgan fingerprint density at radius 3 is 2.73 bits per heavy atom. The molecule has 4 heteroatoms. The van der Waals surface area contributed by atoms with Gasteiger partial charge in [0.2, 0.25) is 5.91 Å². The number of methoxy groups -OCH3 is 1. The van der Waals surface area contributed by atoms with Crippen LogP contribution in [0, 0.1) is 5.92 Å². The maximum Gasteiger partial charge on any atom is 0.216 e. The SMILES string of the molecule is COC(CNC(C)=O)C1CC(C)CN1C. The van der Waals surface area contributed by atoms with Crippen molar-refractivity contribution < 1.29 is 9.53 Å². The van der Waals surface area contributed by atoms with Gasteiger partial charge in [-0.3, -0.25) is 4.79 Å². The molecule has 0 bridgehead atoms. The van der Waals surface area contributed by atoms with Crippen LogP contribution in [0.4, 0.5) is 0 Å². The first-order valence-corrected chi connectivity index (χ1v) is 5.52. The first kappa shape index (κ1) is 12.5. The number of hydrogen-bond acceptors (Lipinski definition) is 3. The van der Waals surface area contributed by atoms with Gasteiger partial charge < -0.3 is 15.0 Å². The van der Waals surface area contributed by atoms with E-state index in [1.807, 2.05) is 0 Å². The van der Waals surface area contributed by atoms with Gasteiger partial charge in [0.25, 0.3) is 0 Å². The maximum absolute atomic E-state index is 10.8. The summed E-state index contributed by atoms with van der Waals surface area (Å²) in [4.78, 5) is 13.2. The smallest absolute Gasteiger partial charge is 0.216 e. The standard InChI is InChI=1S/C11H22N2O2/c1-8-5-10(13(3)7-8)11(15-4)6-12-9(2)14/h8,10-11H,5-7H2,1-4H3,(H,12,14). The van der Waals surface area contributed by atoms with Crippen molar-refractivity contribution in [3.8, 4) is 0 Å². The number of nitrogens with one attached hydrogen (secondary N) is 1. The number of nitrogens with zero attached hydrogens (tertiary/aromatic N) is 1. The minimum Gasteiger partial charge on any atom is -0.378 e. The maximum atomic E-state index is 10.8. The van der Waals surface area contributed by atoms with E-state index in [0.717, 1.165) is 18.9 Å². The highest BCUT2D eigenvalue weighted by molar-refractivity contribution is 5.72. The third kappa shape index (κ3) is 3.47. The van der Waals surface area contributed by atoms with Crippen molar-refractivity contribution in [3.63, 3.8) is 0 Å². The first-order valence-electron chi connectivity index (χ1n) is 5.52. The molecule has 3 atom stereocenters. The zero-order chi connectivity index (χ0) is 11.4. The summed E-state index contributed by atoms with van der Waals surface area (Å²) in [5, 5.41) is 2.82. The van der Waals surface area contributed by atoms with Gasteiger partial charge in [-0.25, -0.2) is 0 Å². The molecule has 88 valence electrons. The van der Waals surface area contributed by atoms with E-state index in [4.69, 9.17) is 4.74 Å². The average Bonchev–Trinajstić information content (AvgIpc) is 2.46. The van der Waals surface area contributed by atoms with Gasteiger partial charge in [0, 0.05) is 33.2 Å². The average molecular weight is 214 g/mol. The zero-order valence-electron chi connectivity index (χ0n) is 10.1. The van der Waals surface area contributed by atoms with Gasteiger partial charge >= 0.3 is 0 Å². The topological polar surface area (TPSA) is 41.6 Å². The summed E-state index contributed by atoms with van der Waals surface area (Å²) in [6.07, 6.45) is 1.25. The monoisotopic (exact) mass is 214 g/mol. The van der Waals surface area contributed by atoms with Crippen LogP contribution in [-0.2, 0) is 9.53 Å². The number of amides is 1. The van der Waals surface area contributed by atoms with Gasteiger partial charge in [-0.2, -0.15) is 0 Å². The number of rotatable bonds is 4. The van der Waals surface area contributed by atoms with Gasteiger partial charge in [-0.05, 0) is 19.4 Å². The predicted octanol–water partition coefficient (Wildman–Crippen LogP) is 0.478. The van der Waals surface area contributed by atoms with Crippen molar-refractivity contribution in [2.24, 2.45) is 5.92 Å². The Kier molecular flexibility index (Phi) is 4.54. The first-order chi connectivity index (χ1) is 7.04. The summed E-state index contributed by atoms with van der Waals surface area (Å²) < 4.78 is 5.45. The molecule has 0 saturated carbocycles. The van der Waals surface area contributed by atoms with E-state index < -0.39 is 0 Å². The van der Waals surface area contributed by atoms with Crippen LogP contribution in [0.3, 0.4) is 0 Å². The van der Waals surface area contributed by atoms with Crippen LogP contribution in [0.15, 0.2) is 0 Å². The van der Waals surface area contributed by atoms with E-state index in [9.17, 15) is 4.79 Å². The third-order valence-corrected chi connectivity index (χ3v) is 3.09. The molecule has 1 amide bonds.